The summed E-state index contributed by atoms with van der Waals surface area (Å²) in [5.41, 5.74) is 0. The van der Waals surface area contributed by atoms with Crippen molar-refractivity contribution in [2.45, 2.75) is 60.8 Å². The summed E-state index contributed by atoms with van der Waals surface area (Å²) in [7, 11) is 0. The zero-order valence-electron chi connectivity index (χ0n) is 13.3. The Hall–Kier alpha value is -0.600. The molecule has 20 heavy (non-hydrogen) atoms. The molecule has 108 valence electrons. The predicted molar refractivity (Wildman–Crippen MR) is 95.2 cm³/mol. The summed E-state index contributed by atoms with van der Waals surface area (Å²) in [4.78, 5) is 2.80. The lowest BCUT2D eigenvalue weighted by atomic mass is 10.1. The first-order valence-corrected chi connectivity index (χ1v) is 8.68. The highest BCUT2D eigenvalue weighted by atomic mass is 32.2. The van der Waals surface area contributed by atoms with Gasteiger partial charge in [0.15, 0.2) is 0 Å². The van der Waals surface area contributed by atoms with Crippen LogP contribution in [0.1, 0.15) is 41.5 Å². The van der Waals surface area contributed by atoms with E-state index < -0.39 is 0 Å². The van der Waals surface area contributed by atoms with Crippen LogP contribution in [0.15, 0.2) is 46.2 Å². The molecule has 2 aromatic carbocycles. The Labute approximate surface area is 131 Å². The third-order valence-corrected chi connectivity index (χ3v) is 5.11. The summed E-state index contributed by atoms with van der Waals surface area (Å²) < 4.78 is 0.464. The summed E-state index contributed by atoms with van der Waals surface area (Å²) in [5.74, 6) is 0. The first-order chi connectivity index (χ1) is 9.14. The number of hydrogen-bond acceptors (Lipinski definition) is 2. The van der Waals surface area contributed by atoms with E-state index in [9.17, 15) is 0 Å². The van der Waals surface area contributed by atoms with Gasteiger partial charge >= 0.3 is 0 Å². The smallest absolute Gasteiger partial charge is 0.0220 e. The molecule has 0 bridgehead atoms. The Kier molecular flexibility index (Phi) is 4.46. The average molecular weight is 305 g/mol. The lowest BCUT2D eigenvalue weighted by Gasteiger charge is -2.24. The highest BCUT2D eigenvalue weighted by Crippen LogP contribution is 2.43. The van der Waals surface area contributed by atoms with Gasteiger partial charge in [-0.3, -0.25) is 0 Å². The maximum atomic E-state index is 2.35. The molecule has 2 heteroatoms. The molecule has 0 atom stereocenters. The molecule has 0 N–H and O–H groups in total. The van der Waals surface area contributed by atoms with E-state index >= 15 is 0 Å². The van der Waals surface area contributed by atoms with Crippen molar-refractivity contribution in [2.75, 3.05) is 0 Å². The van der Waals surface area contributed by atoms with E-state index in [0.717, 1.165) is 0 Å². The molecule has 0 aliphatic rings. The summed E-state index contributed by atoms with van der Waals surface area (Å²) in [6.45, 7) is 13.7. The van der Waals surface area contributed by atoms with E-state index in [0.29, 0.717) is 0 Å². The molecule has 0 nitrogen and oxygen atoms in total. The van der Waals surface area contributed by atoms with Gasteiger partial charge in [0.05, 0.1) is 0 Å². The fraction of sp³-hybridized carbons (Fsp3) is 0.444. The van der Waals surface area contributed by atoms with Gasteiger partial charge in [-0.05, 0) is 22.9 Å². The Balaban J connectivity index is 2.52. The average Bonchev–Trinajstić information content (AvgIpc) is 2.26. The standard InChI is InChI=1S/C18H24S2/c1-17(2,3)19-15-11-13-9-7-8-10-14(13)12-16(15)20-18(4,5)6/h7-12H,1-6H3. The van der Waals surface area contributed by atoms with Crippen molar-refractivity contribution in [3.63, 3.8) is 0 Å². The van der Waals surface area contributed by atoms with Gasteiger partial charge in [0.2, 0.25) is 0 Å². The van der Waals surface area contributed by atoms with Gasteiger partial charge in [-0.25, -0.2) is 0 Å². The fourth-order valence-electron chi connectivity index (χ4n) is 2.02. The Morgan fingerprint density at radius 1 is 0.650 bits per heavy atom. The maximum Gasteiger partial charge on any atom is 0.0220 e. The lowest BCUT2D eigenvalue weighted by Crippen LogP contribution is -2.09. The molecule has 0 radical (unpaired) electrons. The van der Waals surface area contributed by atoms with Gasteiger partial charge in [0.1, 0.15) is 0 Å². The number of benzene rings is 2. The van der Waals surface area contributed by atoms with E-state index in [1.54, 1.807) is 0 Å². The SMILES string of the molecule is CC(C)(C)Sc1cc2ccccc2cc1SC(C)(C)C. The zero-order valence-corrected chi connectivity index (χ0v) is 14.9. The molecule has 0 aliphatic carbocycles. The van der Waals surface area contributed by atoms with E-state index in [4.69, 9.17) is 0 Å². The summed E-state index contributed by atoms with van der Waals surface area (Å²) in [5, 5.41) is 2.66. The van der Waals surface area contributed by atoms with E-state index in [1.165, 1.54) is 20.6 Å². The molecule has 0 fully saturated rings. The van der Waals surface area contributed by atoms with Crippen LogP contribution in [-0.2, 0) is 0 Å². The minimum absolute atomic E-state index is 0.232. The van der Waals surface area contributed by atoms with Gasteiger partial charge in [-0.2, -0.15) is 0 Å². The van der Waals surface area contributed by atoms with Crippen molar-refractivity contribution < 1.29 is 0 Å². The van der Waals surface area contributed by atoms with Crippen LogP contribution in [0, 0.1) is 0 Å². The van der Waals surface area contributed by atoms with E-state index in [-0.39, 0.29) is 9.49 Å². The second-order valence-corrected chi connectivity index (χ2v) is 10.8. The molecule has 0 saturated carbocycles. The molecule has 0 amide bonds. The van der Waals surface area contributed by atoms with Crippen LogP contribution in [0.5, 0.6) is 0 Å². The fourth-order valence-corrected chi connectivity index (χ4v) is 4.28. The Bertz CT molecular complexity index is 546. The first kappa shape index (κ1) is 15.8. The lowest BCUT2D eigenvalue weighted by molar-refractivity contribution is 0.795. The summed E-state index contributed by atoms with van der Waals surface area (Å²) in [6.07, 6.45) is 0. The molecule has 2 aromatic rings. The minimum Gasteiger partial charge on any atom is -0.119 e. The summed E-state index contributed by atoms with van der Waals surface area (Å²) in [6, 6.07) is 13.3. The van der Waals surface area contributed by atoms with Crippen LogP contribution in [0.3, 0.4) is 0 Å². The van der Waals surface area contributed by atoms with Gasteiger partial charge < -0.3 is 0 Å². The van der Waals surface area contributed by atoms with Crippen LogP contribution in [0.4, 0.5) is 0 Å². The third-order valence-electron chi connectivity index (χ3n) is 2.64. The van der Waals surface area contributed by atoms with E-state index in [1.807, 2.05) is 23.5 Å². The van der Waals surface area contributed by atoms with Crippen molar-refractivity contribution in [2.24, 2.45) is 0 Å². The van der Waals surface area contributed by atoms with Crippen LogP contribution in [-0.4, -0.2) is 9.49 Å². The van der Waals surface area contributed by atoms with E-state index in [2.05, 4.69) is 77.9 Å². The molecule has 0 unspecified atom stereocenters. The van der Waals surface area contributed by atoms with Gasteiger partial charge in [0.25, 0.3) is 0 Å². The van der Waals surface area contributed by atoms with Gasteiger partial charge in [-0.15, -0.1) is 23.5 Å². The molecule has 2 rings (SSSR count). The summed E-state index contributed by atoms with van der Waals surface area (Å²) >= 11 is 3.92. The van der Waals surface area contributed by atoms with Crippen molar-refractivity contribution in [3.05, 3.63) is 36.4 Å². The zero-order chi connectivity index (χ0) is 15.0. The monoisotopic (exact) mass is 304 g/mol. The molecule has 0 heterocycles. The number of fused-ring (bicyclic) bond motifs is 1. The first-order valence-electron chi connectivity index (χ1n) is 7.05. The normalized spacial score (nSPS) is 12.9. The topological polar surface area (TPSA) is 0 Å². The predicted octanol–water partition coefficient (Wildman–Crippen LogP) is 6.62. The van der Waals surface area contributed by atoms with Crippen molar-refractivity contribution in [1.82, 2.24) is 0 Å². The minimum atomic E-state index is 0.232. The second kappa shape index (κ2) is 5.65. The molecule has 0 saturated heterocycles. The van der Waals surface area contributed by atoms with Crippen molar-refractivity contribution in [1.29, 1.82) is 0 Å². The third kappa shape index (κ3) is 4.46. The maximum absolute atomic E-state index is 2.35. The van der Waals surface area contributed by atoms with Crippen LogP contribution in [0.25, 0.3) is 10.8 Å². The van der Waals surface area contributed by atoms with Crippen molar-refractivity contribution in [3.8, 4) is 0 Å². The van der Waals surface area contributed by atoms with Crippen LogP contribution >= 0.6 is 23.5 Å². The number of hydrogen-bond donors (Lipinski definition) is 0. The molecule has 0 aliphatic heterocycles. The molecule has 0 spiro atoms. The Morgan fingerprint density at radius 2 is 1.00 bits per heavy atom. The van der Waals surface area contributed by atoms with Gasteiger partial charge in [0, 0.05) is 19.3 Å². The van der Waals surface area contributed by atoms with Crippen LogP contribution in [0.2, 0.25) is 0 Å². The number of thioether (sulfide) groups is 2. The largest absolute Gasteiger partial charge is 0.119 e. The van der Waals surface area contributed by atoms with Crippen molar-refractivity contribution >= 4 is 34.3 Å². The number of rotatable bonds is 2. The second-order valence-electron chi connectivity index (χ2n) is 7.07. The quantitative estimate of drug-likeness (QED) is 0.572. The van der Waals surface area contributed by atoms with Gasteiger partial charge in [-0.1, -0.05) is 65.8 Å². The molecule has 0 aromatic heterocycles. The highest BCUT2D eigenvalue weighted by Gasteiger charge is 2.19. The molecular weight excluding hydrogens is 280 g/mol. The highest BCUT2D eigenvalue weighted by molar-refractivity contribution is 8.03. The Morgan fingerprint density at radius 3 is 1.30 bits per heavy atom. The van der Waals surface area contributed by atoms with Crippen LogP contribution < -0.4 is 0 Å². The molecular formula is C18H24S2.